The van der Waals surface area contributed by atoms with E-state index in [9.17, 15) is 4.79 Å². The van der Waals surface area contributed by atoms with Gasteiger partial charge in [0.25, 0.3) is 0 Å². The number of rotatable bonds is 8. The number of nitrogens with one attached hydrogen (secondary N) is 1. The monoisotopic (exact) mass is 433 g/mol. The smallest absolute Gasteiger partial charge is 0.307 e. The zero-order chi connectivity index (χ0) is 23.3. The van der Waals surface area contributed by atoms with Crippen LogP contribution in [0.1, 0.15) is 42.9 Å². The number of aliphatic carboxylic acids is 1. The van der Waals surface area contributed by atoms with Crippen molar-refractivity contribution in [3.63, 3.8) is 0 Å². The highest BCUT2D eigenvalue weighted by Crippen LogP contribution is 2.47. The lowest BCUT2D eigenvalue weighted by atomic mass is 10.1. The molecule has 3 aromatic rings. The molecule has 0 spiro atoms. The molecule has 1 saturated carbocycles. The summed E-state index contributed by atoms with van der Waals surface area (Å²) in [6.07, 6.45) is 0.751. The van der Waals surface area contributed by atoms with Crippen molar-refractivity contribution >= 4 is 18.4 Å². The third-order valence-electron chi connectivity index (χ3n) is 5.11. The SMILES string of the molecule is C=O.CC.O=C(O)[C@H]1CC1c1ccc(NCc2ccc(OCc3ccccc3)cc2)cc1. The van der Waals surface area contributed by atoms with Crippen molar-refractivity contribution in [2.24, 2.45) is 5.92 Å². The zero-order valence-electron chi connectivity index (χ0n) is 18.7. The summed E-state index contributed by atoms with van der Waals surface area (Å²) < 4.78 is 5.81. The van der Waals surface area contributed by atoms with Gasteiger partial charge in [0, 0.05) is 12.2 Å². The maximum Gasteiger partial charge on any atom is 0.307 e. The van der Waals surface area contributed by atoms with E-state index < -0.39 is 5.97 Å². The highest BCUT2D eigenvalue weighted by atomic mass is 16.5. The summed E-state index contributed by atoms with van der Waals surface area (Å²) in [7, 11) is 0. The van der Waals surface area contributed by atoms with E-state index in [-0.39, 0.29) is 11.8 Å². The summed E-state index contributed by atoms with van der Waals surface area (Å²) in [4.78, 5) is 19.0. The summed E-state index contributed by atoms with van der Waals surface area (Å²) in [5.74, 6) is 0.134. The maximum absolute atomic E-state index is 11.0. The Balaban J connectivity index is 0.000000860. The Labute approximate surface area is 190 Å². The predicted octanol–water partition coefficient (Wildman–Crippen LogP) is 5.91. The number of carboxylic acids is 1. The van der Waals surface area contributed by atoms with Gasteiger partial charge in [0.15, 0.2) is 0 Å². The minimum Gasteiger partial charge on any atom is -0.489 e. The van der Waals surface area contributed by atoms with Crippen molar-refractivity contribution in [1.82, 2.24) is 0 Å². The van der Waals surface area contributed by atoms with Crippen molar-refractivity contribution < 1.29 is 19.4 Å². The van der Waals surface area contributed by atoms with Crippen molar-refractivity contribution in [1.29, 1.82) is 0 Å². The van der Waals surface area contributed by atoms with Crippen LogP contribution in [0.25, 0.3) is 0 Å². The van der Waals surface area contributed by atoms with E-state index in [1.165, 1.54) is 5.56 Å². The van der Waals surface area contributed by atoms with Gasteiger partial charge >= 0.3 is 5.97 Å². The molecule has 0 aromatic heterocycles. The van der Waals surface area contributed by atoms with Crippen molar-refractivity contribution in [2.75, 3.05) is 5.32 Å². The van der Waals surface area contributed by atoms with E-state index in [1.807, 2.05) is 75.2 Å². The minimum absolute atomic E-state index is 0.176. The first-order valence-corrected chi connectivity index (χ1v) is 10.8. The summed E-state index contributed by atoms with van der Waals surface area (Å²) in [5.41, 5.74) is 4.46. The normalized spacial score (nSPS) is 15.8. The molecule has 1 fully saturated rings. The van der Waals surface area contributed by atoms with Crippen LogP contribution in [0.15, 0.2) is 78.9 Å². The molecular weight excluding hydrogens is 402 g/mol. The second-order valence-electron chi connectivity index (χ2n) is 7.18. The number of carbonyl (C=O) groups excluding carboxylic acids is 1. The molecule has 0 amide bonds. The Kier molecular flexibility index (Phi) is 9.98. The van der Waals surface area contributed by atoms with Gasteiger partial charge in [-0.3, -0.25) is 4.79 Å². The lowest BCUT2D eigenvalue weighted by Gasteiger charge is -2.10. The summed E-state index contributed by atoms with van der Waals surface area (Å²) >= 11 is 0. The molecule has 0 saturated heterocycles. The second kappa shape index (κ2) is 13.0. The van der Waals surface area contributed by atoms with Gasteiger partial charge in [0.1, 0.15) is 19.1 Å². The third-order valence-corrected chi connectivity index (χ3v) is 5.11. The highest BCUT2D eigenvalue weighted by molar-refractivity contribution is 5.75. The maximum atomic E-state index is 11.0. The first kappa shape index (κ1) is 24.7. The molecule has 5 heteroatoms. The van der Waals surface area contributed by atoms with E-state index in [0.717, 1.165) is 35.5 Å². The largest absolute Gasteiger partial charge is 0.489 e. The first-order valence-electron chi connectivity index (χ1n) is 10.8. The summed E-state index contributed by atoms with van der Waals surface area (Å²) in [6, 6.07) is 26.3. The lowest BCUT2D eigenvalue weighted by molar-refractivity contribution is -0.138. The van der Waals surface area contributed by atoms with Crippen molar-refractivity contribution in [2.45, 2.75) is 39.3 Å². The Morgan fingerprint density at radius 1 is 0.938 bits per heavy atom. The Bertz CT molecular complexity index is 940. The van der Waals surface area contributed by atoms with E-state index in [2.05, 4.69) is 29.6 Å². The molecule has 1 aliphatic carbocycles. The lowest BCUT2D eigenvalue weighted by Crippen LogP contribution is -2.01. The van der Waals surface area contributed by atoms with Crippen molar-refractivity contribution in [3.05, 3.63) is 95.6 Å². The molecule has 1 unspecified atom stereocenters. The minimum atomic E-state index is -0.691. The summed E-state index contributed by atoms with van der Waals surface area (Å²) in [6.45, 7) is 7.29. The Hall–Kier alpha value is -3.60. The van der Waals surface area contributed by atoms with Gasteiger partial charge in [0.05, 0.1) is 5.92 Å². The van der Waals surface area contributed by atoms with Crippen LogP contribution in [0, 0.1) is 5.92 Å². The molecule has 3 aromatic carbocycles. The molecule has 2 atom stereocenters. The molecule has 1 aliphatic rings. The number of hydrogen-bond acceptors (Lipinski definition) is 4. The predicted molar refractivity (Wildman–Crippen MR) is 128 cm³/mol. The van der Waals surface area contributed by atoms with Gasteiger partial charge in [-0.25, -0.2) is 0 Å². The standard InChI is InChI=1S/C24H23NO3.C2H6.CH2O/c26-24(27)23-14-22(23)19-8-10-20(11-9-19)25-15-17-6-12-21(13-7-17)28-16-18-4-2-1-3-5-18;2*1-2/h1-13,22-23,25H,14-16H2,(H,26,27);1-2H3;1H2/t22?,23-;;/m0../s1. The molecule has 0 heterocycles. The van der Waals surface area contributed by atoms with Crippen LogP contribution in [-0.2, 0) is 22.7 Å². The molecule has 2 N–H and O–H groups in total. The van der Waals surface area contributed by atoms with E-state index in [4.69, 9.17) is 14.6 Å². The fourth-order valence-corrected chi connectivity index (χ4v) is 3.33. The molecule has 32 heavy (non-hydrogen) atoms. The molecule has 4 rings (SSSR count). The van der Waals surface area contributed by atoms with E-state index >= 15 is 0 Å². The second-order valence-corrected chi connectivity index (χ2v) is 7.18. The first-order chi connectivity index (χ1) is 15.7. The average molecular weight is 434 g/mol. The van der Waals surface area contributed by atoms with Gasteiger partial charge in [-0.2, -0.15) is 0 Å². The number of benzene rings is 3. The highest BCUT2D eigenvalue weighted by Gasteiger charge is 2.43. The van der Waals surface area contributed by atoms with Gasteiger partial charge in [-0.15, -0.1) is 0 Å². The topological polar surface area (TPSA) is 75.6 Å². The van der Waals surface area contributed by atoms with Crippen LogP contribution in [0.4, 0.5) is 5.69 Å². The van der Waals surface area contributed by atoms with Crippen LogP contribution >= 0.6 is 0 Å². The number of carboxylic acid groups (broad SMARTS) is 1. The molecule has 5 nitrogen and oxygen atoms in total. The Morgan fingerprint density at radius 3 is 2.12 bits per heavy atom. The zero-order valence-corrected chi connectivity index (χ0v) is 18.7. The number of carbonyl (C=O) groups is 2. The van der Waals surface area contributed by atoms with Crippen LogP contribution in [0.2, 0.25) is 0 Å². The average Bonchev–Trinajstić information content (AvgIpc) is 3.67. The number of hydrogen-bond donors (Lipinski definition) is 2. The van der Waals surface area contributed by atoms with Crippen LogP contribution in [-0.4, -0.2) is 17.9 Å². The van der Waals surface area contributed by atoms with Crippen LogP contribution in [0.5, 0.6) is 5.75 Å². The molecule has 168 valence electrons. The molecule has 0 aliphatic heterocycles. The van der Waals surface area contributed by atoms with E-state index in [1.54, 1.807) is 0 Å². The van der Waals surface area contributed by atoms with E-state index in [0.29, 0.717) is 6.61 Å². The number of anilines is 1. The van der Waals surface area contributed by atoms with Crippen molar-refractivity contribution in [3.8, 4) is 5.75 Å². The Morgan fingerprint density at radius 2 is 1.56 bits per heavy atom. The quantitative estimate of drug-likeness (QED) is 0.462. The van der Waals surface area contributed by atoms with Gasteiger partial charge in [-0.1, -0.05) is 68.4 Å². The van der Waals surface area contributed by atoms with Gasteiger partial charge < -0.3 is 20.0 Å². The van der Waals surface area contributed by atoms with Gasteiger partial charge in [0.2, 0.25) is 0 Å². The molecule has 0 radical (unpaired) electrons. The summed E-state index contributed by atoms with van der Waals surface area (Å²) in [5, 5.41) is 12.4. The fraction of sp³-hybridized carbons (Fsp3) is 0.259. The molecule has 0 bridgehead atoms. The van der Waals surface area contributed by atoms with Crippen LogP contribution in [0.3, 0.4) is 0 Å². The van der Waals surface area contributed by atoms with Crippen LogP contribution < -0.4 is 10.1 Å². The third kappa shape index (κ3) is 7.27. The number of ether oxygens (including phenoxy) is 1. The molecular formula is C27H31NO4. The fourth-order valence-electron chi connectivity index (χ4n) is 3.33. The van der Waals surface area contributed by atoms with Gasteiger partial charge in [-0.05, 0) is 53.3 Å².